The van der Waals surface area contributed by atoms with Crippen molar-refractivity contribution in [3.8, 4) is 0 Å². The minimum atomic E-state index is -0.174. The third kappa shape index (κ3) is 2.49. The van der Waals surface area contributed by atoms with Crippen LogP contribution in [0.15, 0.2) is 0 Å². The topological polar surface area (TPSA) is 32.3 Å². The average molecular weight is 278 g/mol. The molecular weight excluding hydrogens is 248 g/mol. The first-order valence-electron chi connectivity index (χ1n) is 8.87. The summed E-state index contributed by atoms with van der Waals surface area (Å²) in [6.07, 6.45) is 14.9. The van der Waals surface area contributed by atoms with Gasteiger partial charge in [-0.25, -0.2) is 0 Å². The zero-order chi connectivity index (χ0) is 14.0. The number of rotatable bonds is 3. The molecule has 1 heterocycles. The van der Waals surface area contributed by atoms with Gasteiger partial charge in [0.05, 0.1) is 11.7 Å². The van der Waals surface area contributed by atoms with Crippen molar-refractivity contribution in [1.82, 2.24) is 10.2 Å². The normalized spacial score (nSPS) is 31.1. The van der Waals surface area contributed by atoms with Gasteiger partial charge in [-0.1, -0.05) is 51.9 Å². The van der Waals surface area contributed by atoms with Gasteiger partial charge in [-0.05, 0) is 32.1 Å². The molecule has 1 spiro atoms. The largest absolute Gasteiger partial charge is 0.323 e. The SMILES string of the molecule is CCCC1NC2(CCCC2)C(=O)N1C1CCCCCC1. The van der Waals surface area contributed by atoms with Gasteiger partial charge in [-0.15, -0.1) is 0 Å². The Morgan fingerprint density at radius 3 is 2.35 bits per heavy atom. The molecule has 2 aliphatic carbocycles. The van der Waals surface area contributed by atoms with Gasteiger partial charge in [0.15, 0.2) is 0 Å². The molecule has 0 aromatic heterocycles. The maximum atomic E-state index is 13.1. The van der Waals surface area contributed by atoms with E-state index in [2.05, 4.69) is 17.1 Å². The molecule has 2 saturated carbocycles. The fraction of sp³-hybridized carbons (Fsp3) is 0.941. The highest BCUT2D eigenvalue weighted by molar-refractivity contribution is 5.89. The highest BCUT2D eigenvalue weighted by atomic mass is 16.2. The maximum absolute atomic E-state index is 13.1. The lowest BCUT2D eigenvalue weighted by Gasteiger charge is -2.32. The number of hydrogen-bond donors (Lipinski definition) is 1. The van der Waals surface area contributed by atoms with Crippen LogP contribution in [0.1, 0.15) is 84.0 Å². The minimum Gasteiger partial charge on any atom is -0.323 e. The van der Waals surface area contributed by atoms with Gasteiger partial charge in [0.1, 0.15) is 0 Å². The number of amides is 1. The van der Waals surface area contributed by atoms with Gasteiger partial charge >= 0.3 is 0 Å². The molecule has 3 aliphatic rings. The molecule has 114 valence electrons. The van der Waals surface area contributed by atoms with Crippen LogP contribution in [0, 0.1) is 0 Å². The molecular formula is C17H30N2O. The second-order valence-corrected chi connectivity index (χ2v) is 7.10. The van der Waals surface area contributed by atoms with E-state index in [1.54, 1.807) is 0 Å². The van der Waals surface area contributed by atoms with E-state index in [-0.39, 0.29) is 5.54 Å². The third-order valence-electron chi connectivity index (χ3n) is 5.66. The Morgan fingerprint density at radius 2 is 1.75 bits per heavy atom. The first-order valence-corrected chi connectivity index (χ1v) is 8.87. The molecule has 3 heteroatoms. The Kier molecular flexibility index (Phi) is 4.34. The van der Waals surface area contributed by atoms with E-state index in [1.807, 2.05) is 0 Å². The first-order chi connectivity index (χ1) is 9.77. The Labute approximate surface area is 123 Å². The van der Waals surface area contributed by atoms with Crippen molar-refractivity contribution in [2.75, 3.05) is 0 Å². The Hall–Kier alpha value is -0.570. The summed E-state index contributed by atoms with van der Waals surface area (Å²) in [5, 5.41) is 3.76. The van der Waals surface area contributed by atoms with Crippen molar-refractivity contribution in [3.63, 3.8) is 0 Å². The quantitative estimate of drug-likeness (QED) is 0.800. The van der Waals surface area contributed by atoms with E-state index in [0.717, 1.165) is 25.7 Å². The molecule has 3 fully saturated rings. The molecule has 1 N–H and O–H groups in total. The van der Waals surface area contributed by atoms with Crippen molar-refractivity contribution in [1.29, 1.82) is 0 Å². The number of carbonyl (C=O) groups excluding carboxylic acids is 1. The van der Waals surface area contributed by atoms with E-state index < -0.39 is 0 Å². The zero-order valence-corrected chi connectivity index (χ0v) is 13.0. The van der Waals surface area contributed by atoms with Gasteiger partial charge in [-0.2, -0.15) is 0 Å². The molecule has 3 rings (SSSR count). The fourth-order valence-corrected chi connectivity index (χ4v) is 4.62. The van der Waals surface area contributed by atoms with Crippen molar-refractivity contribution >= 4 is 5.91 Å². The Balaban J connectivity index is 1.79. The number of carbonyl (C=O) groups is 1. The van der Waals surface area contributed by atoms with E-state index in [9.17, 15) is 4.79 Å². The van der Waals surface area contributed by atoms with Crippen molar-refractivity contribution < 1.29 is 4.79 Å². The Morgan fingerprint density at radius 1 is 1.10 bits per heavy atom. The average Bonchev–Trinajstić information content (AvgIpc) is 2.89. The Bertz CT molecular complexity index is 341. The summed E-state index contributed by atoms with van der Waals surface area (Å²) in [7, 11) is 0. The molecule has 20 heavy (non-hydrogen) atoms. The lowest BCUT2D eigenvalue weighted by Crippen LogP contribution is -2.45. The molecule has 0 bridgehead atoms. The molecule has 1 aliphatic heterocycles. The molecule has 0 radical (unpaired) electrons. The van der Waals surface area contributed by atoms with Crippen molar-refractivity contribution in [2.45, 2.75) is 102 Å². The van der Waals surface area contributed by atoms with E-state index in [0.29, 0.717) is 18.1 Å². The van der Waals surface area contributed by atoms with Crippen molar-refractivity contribution in [2.24, 2.45) is 0 Å². The van der Waals surface area contributed by atoms with Crippen LogP contribution in [0.5, 0.6) is 0 Å². The number of hydrogen-bond acceptors (Lipinski definition) is 2. The summed E-state index contributed by atoms with van der Waals surface area (Å²) in [6.45, 7) is 2.23. The zero-order valence-electron chi connectivity index (χ0n) is 13.0. The number of nitrogens with zero attached hydrogens (tertiary/aromatic N) is 1. The molecule has 0 aromatic carbocycles. The van der Waals surface area contributed by atoms with Gasteiger partial charge in [-0.3, -0.25) is 10.1 Å². The second-order valence-electron chi connectivity index (χ2n) is 7.10. The molecule has 1 unspecified atom stereocenters. The summed E-state index contributed by atoms with van der Waals surface area (Å²) in [4.78, 5) is 15.4. The summed E-state index contributed by atoms with van der Waals surface area (Å²) in [5.74, 6) is 0.445. The smallest absolute Gasteiger partial charge is 0.244 e. The minimum absolute atomic E-state index is 0.174. The monoisotopic (exact) mass is 278 g/mol. The summed E-state index contributed by atoms with van der Waals surface area (Å²) >= 11 is 0. The first kappa shape index (κ1) is 14.4. The van der Waals surface area contributed by atoms with Crippen LogP contribution in [-0.4, -0.2) is 28.6 Å². The van der Waals surface area contributed by atoms with Gasteiger partial charge in [0.25, 0.3) is 0 Å². The lowest BCUT2D eigenvalue weighted by atomic mass is 9.97. The van der Waals surface area contributed by atoms with Crippen LogP contribution in [-0.2, 0) is 4.79 Å². The molecule has 1 saturated heterocycles. The molecule has 1 atom stereocenters. The molecule has 3 nitrogen and oxygen atoms in total. The lowest BCUT2D eigenvalue weighted by molar-refractivity contribution is -0.135. The standard InChI is InChI=1S/C17H30N2O/c1-2-9-15-18-17(12-7-8-13-17)16(20)19(15)14-10-5-3-4-6-11-14/h14-15,18H,2-13H2,1H3. The van der Waals surface area contributed by atoms with Crippen LogP contribution in [0.25, 0.3) is 0 Å². The second kappa shape index (κ2) is 6.05. The summed E-state index contributed by atoms with van der Waals surface area (Å²) in [5.41, 5.74) is -0.174. The van der Waals surface area contributed by atoms with Crippen LogP contribution in [0.3, 0.4) is 0 Å². The van der Waals surface area contributed by atoms with Gasteiger partial charge < -0.3 is 4.90 Å². The van der Waals surface area contributed by atoms with E-state index >= 15 is 0 Å². The predicted molar refractivity (Wildman–Crippen MR) is 81.4 cm³/mol. The summed E-state index contributed by atoms with van der Waals surface area (Å²) in [6, 6.07) is 0.508. The van der Waals surface area contributed by atoms with Crippen LogP contribution in [0.4, 0.5) is 0 Å². The van der Waals surface area contributed by atoms with E-state index in [4.69, 9.17) is 0 Å². The highest BCUT2D eigenvalue weighted by Gasteiger charge is 2.53. The van der Waals surface area contributed by atoms with Crippen LogP contribution < -0.4 is 5.32 Å². The van der Waals surface area contributed by atoms with Crippen molar-refractivity contribution in [3.05, 3.63) is 0 Å². The highest BCUT2D eigenvalue weighted by Crippen LogP contribution is 2.39. The van der Waals surface area contributed by atoms with Gasteiger partial charge in [0, 0.05) is 6.04 Å². The van der Waals surface area contributed by atoms with Gasteiger partial charge in [0.2, 0.25) is 5.91 Å². The predicted octanol–water partition coefficient (Wildman–Crippen LogP) is 3.58. The third-order valence-corrected chi connectivity index (χ3v) is 5.66. The summed E-state index contributed by atoms with van der Waals surface area (Å²) < 4.78 is 0. The maximum Gasteiger partial charge on any atom is 0.244 e. The number of nitrogens with one attached hydrogen (secondary N) is 1. The van der Waals surface area contributed by atoms with E-state index in [1.165, 1.54) is 51.4 Å². The fourth-order valence-electron chi connectivity index (χ4n) is 4.62. The van der Waals surface area contributed by atoms with Crippen LogP contribution >= 0.6 is 0 Å². The van der Waals surface area contributed by atoms with Crippen LogP contribution in [0.2, 0.25) is 0 Å². The molecule has 1 amide bonds. The molecule has 0 aromatic rings.